The van der Waals surface area contributed by atoms with Gasteiger partial charge in [0.2, 0.25) is 0 Å². The van der Waals surface area contributed by atoms with Crippen LogP contribution in [0.5, 0.6) is 0 Å². The Morgan fingerprint density at radius 1 is 0.636 bits per heavy atom. The number of rotatable bonds is 26. The molecule has 0 N–H and O–H groups in total. The molecule has 1 aliphatic carbocycles. The van der Waals surface area contributed by atoms with Crippen molar-refractivity contribution in [2.75, 3.05) is 13.1 Å². The van der Waals surface area contributed by atoms with E-state index in [0.29, 0.717) is 5.54 Å². The summed E-state index contributed by atoms with van der Waals surface area (Å²) in [6, 6.07) is 0. The number of nitrogens with zero attached hydrogens (tertiary/aromatic N) is 1. The van der Waals surface area contributed by atoms with E-state index in [1.54, 1.807) is 0 Å². The quantitative estimate of drug-likeness (QED) is 0.0914. The first-order chi connectivity index (χ1) is 16.1. The molecule has 1 rings (SSSR count). The number of hydrogen-bond acceptors (Lipinski definition) is 1. The monoisotopic (exact) mass is 461 g/mol. The highest BCUT2D eigenvalue weighted by molar-refractivity contribution is 4.88. The van der Waals surface area contributed by atoms with Gasteiger partial charge in [0.05, 0.1) is 0 Å². The van der Waals surface area contributed by atoms with Crippen LogP contribution in [0.25, 0.3) is 0 Å². The molecule has 196 valence electrons. The largest absolute Gasteiger partial charge is 0.298 e. The van der Waals surface area contributed by atoms with Crippen LogP contribution in [0.2, 0.25) is 0 Å². The van der Waals surface area contributed by atoms with Crippen molar-refractivity contribution in [3.05, 3.63) is 12.7 Å². The predicted octanol–water partition coefficient (Wildman–Crippen LogP) is 10.9. The summed E-state index contributed by atoms with van der Waals surface area (Å²) in [5.74, 6) is 1.03. The van der Waals surface area contributed by atoms with Crippen LogP contribution < -0.4 is 0 Å². The third-order valence-corrected chi connectivity index (χ3v) is 7.96. The molecule has 1 heteroatoms. The van der Waals surface area contributed by atoms with Crippen molar-refractivity contribution in [2.45, 2.75) is 174 Å². The van der Waals surface area contributed by atoms with E-state index in [2.05, 4.69) is 38.3 Å². The molecular formula is C32H63N. The number of hydrogen-bond donors (Lipinski definition) is 0. The van der Waals surface area contributed by atoms with Gasteiger partial charge < -0.3 is 0 Å². The number of unbranched alkanes of at least 4 members (excludes halogenated alkanes) is 18. The van der Waals surface area contributed by atoms with Crippen molar-refractivity contribution in [3.63, 3.8) is 0 Å². The second-order valence-electron chi connectivity index (χ2n) is 11.9. The van der Waals surface area contributed by atoms with Crippen LogP contribution in [-0.2, 0) is 0 Å². The maximum Gasteiger partial charge on any atom is 0.0155 e. The SMILES string of the molecule is C=CCCCCCCCN(CCCCCCCCCCCCCCCC)C(C)(C)CC1CC1. The summed E-state index contributed by atoms with van der Waals surface area (Å²) in [6.07, 6.45) is 34.9. The van der Waals surface area contributed by atoms with Gasteiger partial charge in [-0.1, -0.05) is 129 Å². The van der Waals surface area contributed by atoms with Gasteiger partial charge in [0, 0.05) is 5.54 Å². The summed E-state index contributed by atoms with van der Waals surface area (Å²) in [4.78, 5) is 2.87. The van der Waals surface area contributed by atoms with E-state index in [-0.39, 0.29) is 0 Å². The fourth-order valence-electron chi connectivity index (χ4n) is 5.49. The molecule has 1 nitrogen and oxygen atoms in total. The minimum Gasteiger partial charge on any atom is -0.298 e. The van der Waals surface area contributed by atoms with E-state index in [1.807, 2.05) is 0 Å². The third-order valence-electron chi connectivity index (χ3n) is 7.96. The Hall–Kier alpha value is -0.300. The van der Waals surface area contributed by atoms with E-state index in [9.17, 15) is 0 Å². The van der Waals surface area contributed by atoms with Gasteiger partial charge in [0.1, 0.15) is 0 Å². The smallest absolute Gasteiger partial charge is 0.0155 e. The highest BCUT2D eigenvalue weighted by atomic mass is 15.2. The first-order valence-corrected chi connectivity index (χ1v) is 15.5. The molecule has 1 fully saturated rings. The van der Waals surface area contributed by atoms with Crippen LogP contribution in [-0.4, -0.2) is 23.5 Å². The lowest BCUT2D eigenvalue weighted by atomic mass is 9.93. The molecule has 0 aromatic heterocycles. The Bertz CT molecular complexity index is 422. The number of allylic oxidation sites excluding steroid dienone is 1. The van der Waals surface area contributed by atoms with Crippen molar-refractivity contribution in [3.8, 4) is 0 Å². The summed E-state index contributed by atoms with van der Waals surface area (Å²) in [5, 5.41) is 0. The molecular weight excluding hydrogens is 398 g/mol. The van der Waals surface area contributed by atoms with E-state index in [0.717, 1.165) is 5.92 Å². The molecule has 0 unspecified atom stereocenters. The highest BCUT2D eigenvalue weighted by Crippen LogP contribution is 2.39. The molecule has 0 aromatic rings. The summed E-state index contributed by atoms with van der Waals surface area (Å²) < 4.78 is 0. The molecule has 0 saturated heterocycles. The van der Waals surface area contributed by atoms with Gasteiger partial charge in [0.25, 0.3) is 0 Å². The zero-order valence-electron chi connectivity index (χ0n) is 23.5. The fourth-order valence-corrected chi connectivity index (χ4v) is 5.49. The second kappa shape index (κ2) is 21.0. The van der Waals surface area contributed by atoms with Crippen LogP contribution in [0.1, 0.15) is 168 Å². The van der Waals surface area contributed by atoms with E-state index < -0.39 is 0 Å². The lowest BCUT2D eigenvalue weighted by Gasteiger charge is -2.39. The molecule has 0 bridgehead atoms. The second-order valence-corrected chi connectivity index (χ2v) is 11.9. The fraction of sp³-hybridized carbons (Fsp3) is 0.938. The first-order valence-electron chi connectivity index (χ1n) is 15.5. The molecule has 0 atom stereocenters. The Kier molecular flexibility index (Phi) is 19.6. The maximum atomic E-state index is 3.84. The van der Waals surface area contributed by atoms with Crippen molar-refractivity contribution < 1.29 is 0 Å². The topological polar surface area (TPSA) is 3.24 Å². The minimum atomic E-state index is 0.403. The van der Waals surface area contributed by atoms with Crippen LogP contribution in [0.15, 0.2) is 12.7 Å². The molecule has 1 aliphatic rings. The summed E-state index contributed by atoms with van der Waals surface area (Å²) in [7, 11) is 0. The Labute approximate surface area is 210 Å². The summed E-state index contributed by atoms with van der Waals surface area (Å²) >= 11 is 0. The lowest BCUT2D eigenvalue weighted by molar-refractivity contribution is 0.0999. The van der Waals surface area contributed by atoms with Crippen molar-refractivity contribution in [1.29, 1.82) is 0 Å². The van der Waals surface area contributed by atoms with Gasteiger partial charge in [-0.25, -0.2) is 0 Å². The van der Waals surface area contributed by atoms with Crippen LogP contribution in [0, 0.1) is 5.92 Å². The van der Waals surface area contributed by atoms with Crippen LogP contribution >= 0.6 is 0 Å². The van der Waals surface area contributed by atoms with Crippen molar-refractivity contribution in [1.82, 2.24) is 4.90 Å². The molecule has 0 spiro atoms. The predicted molar refractivity (Wildman–Crippen MR) is 151 cm³/mol. The Balaban J connectivity index is 2.06. The maximum absolute atomic E-state index is 3.84. The molecule has 33 heavy (non-hydrogen) atoms. The van der Waals surface area contributed by atoms with Gasteiger partial charge in [-0.3, -0.25) is 4.90 Å². The van der Waals surface area contributed by atoms with Crippen LogP contribution in [0.3, 0.4) is 0 Å². The lowest BCUT2D eigenvalue weighted by Crippen LogP contribution is -2.45. The summed E-state index contributed by atoms with van der Waals surface area (Å²) in [5.41, 5.74) is 0.403. The van der Waals surface area contributed by atoms with E-state index in [1.165, 1.54) is 161 Å². The van der Waals surface area contributed by atoms with Crippen molar-refractivity contribution >= 4 is 0 Å². The zero-order chi connectivity index (χ0) is 24.0. The van der Waals surface area contributed by atoms with Gasteiger partial charge >= 0.3 is 0 Å². The van der Waals surface area contributed by atoms with E-state index in [4.69, 9.17) is 0 Å². The van der Waals surface area contributed by atoms with Crippen LogP contribution in [0.4, 0.5) is 0 Å². The molecule has 0 aromatic carbocycles. The van der Waals surface area contributed by atoms with Gasteiger partial charge in [-0.15, -0.1) is 6.58 Å². The molecule has 0 aliphatic heterocycles. The Morgan fingerprint density at radius 2 is 1.03 bits per heavy atom. The third kappa shape index (κ3) is 18.7. The van der Waals surface area contributed by atoms with Gasteiger partial charge in [0.15, 0.2) is 0 Å². The Morgan fingerprint density at radius 3 is 1.42 bits per heavy atom. The molecule has 0 radical (unpaired) electrons. The zero-order valence-corrected chi connectivity index (χ0v) is 23.5. The minimum absolute atomic E-state index is 0.403. The van der Waals surface area contributed by atoms with E-state index >= 15 is 0 Å². The molecule has 0 amide bonds. The average molecular weight is 462 g/mol. The summed E-state index contributed by atoms with van der Waals surface area (Å²) in [6.45, 7) is 13.9. The molecule has 0 heterocycles. The van der Waals surface area contributed by atoms with Gasteiger partial charge in [-0.05, 0) is 65.0 Å². The standard InChI is InChI=1S/C32H63N/c1-5-7-9-11-13-14-15-16-17-18-19-21-23-25-29-33(32(3,4)30-31-26-27-31)28-24-22-20-12-10-8-6-2/h6,31H,2,5,7-30H2,1,3-4H3. The highest BCUT2D eigenvalue weighted by Gasteiger charge is 2.33. The molecule has 1 saturated carbocycles. The average Bonchev–Trinajstić information content (AvgIpc) is 3.60. The first kappa shape index (κ1) is 30.7. The van der Waals surface area contributed by atoms with Crippen molar-refractivity contribution in [2.24, 2.45) is 5.92 Å². The van der Waals surface area contributed by atoms with Gasteiger partial charge in [-0.2, -0.15) is 0 Å². The normalized spacial score (nSPS) is 14.3.